The summed E-state index contributed by atoms with van der Waals surface area (Å²) in [4.78, 5) is 13.4. The number of hydrogen-bond acceptors (Lipinski definition) is 3. The molecule has 1 aliphatic rings. The molecule has 1 aromatic rings. The molecule has 0 atom stereocenters. The van der Waals surface area contributed by atoms with Crippen molar-refractivity contribution in [1.82, 2.24) is 4.90 Å². The molecule has 0 saturated carbocycles. The van der Waals surface area contributed by atoms with Gasteiger partial charge in [0.2, 0.25) is 5.91 Å². The second-order valence-electron chi connectivity index (χ2n) is 4.77. The third kappa shape index (κ3) is 3.74. The van der Waals surface area contributed by atoms with Gasteiger partial charge in [0, 0.05) is 17.8 Å². The van der Waals surface area contributed by atoms with Crippen LogP contribution in [-0.2, 0) is 0 Å². The Bertz CT molecular complexity index is 383. The molecule has 3 N–H and O–H groups in total. The summed E-state index contributed by atoms with van der Waals surface area (Å²) in [6, 6.07) is 7.31. The number of primary amides is 1. The first-order valence-electron chi connectivity index (χ1n) is 6.62. The number of rotatable bonds is 6. The van der Waals surface area contributed by atoms with Gasteiger partial charge in [-0.1, -0.05) is 0 Å². The van der Waals surface area contributed by atoms with Crippen molar-refractivity contribution >= 4 is 11.6 Å². The molecule has 0 aliphatic carbocycles. The van der Waals surface area contributed by atoms with Crippen molar-refractivity contribution in [2.24, 2.45) is 5.73 Å². The molecule has 1 saturated heterocycles. The molecular weight excluding hydrogens is 226 g/mol. The van der Waals surface area contributed by atoms with Gasteiger partial charge in [0.15, 0.2) is 0 Å². The molecule has 1 amide bonds. The van der Waals surface area contributed by atoms with Crippen LogP contribution < -0.4 is 11.1 Å². The lowest BCUT2D eigenvalue weighted by Gasteiger charge is -2.14. The third-order valence-electron chi connectivity index (χ3n) is 3.35. The van der Waals surface area contributed by atoms with Crippen LogP contribution in [-0.4, -0.2) is 37.0 Å². The largest absolute Gasteiger partial charge is 0.385 e. The summed E-state index contributed by atoms with van der Waals surface area (Å²) >= 11 is 0. The fourth-order valence-electron chi connectivity index (χ4n) is 2.29. The number of amides is 1. The van der Waals surface area contributed by atoms with E-state index in [9.17, 15) is 4.79 Å². The first-order chi connectivity index (χ1) is 8.75. The van der Waals surface area contributed by atoms with Gasteiger partial charge in [0.1, 0.15) is 0 Å². The summed E-state index contributed by atoms with van der Waals surface area (Å²) in [6.45, 7) is 4.65. The van der Waals surface area contributed by atoms with Crippen LogP contribution in [0.1, 0.15) is 29.6 Å². The van der Waals surface area contributed by atoms with E-state index in [1.54, 1.807) is 12.1 Å². The molecule has 98 valence electrons. The van der Waals surface area contributed by atoms with Gasteiger partial charge in [-0.25, -0.2) is 0 Å². The first-order valence-corrected chi connectivity index (χ1v) is 6.62. The van der Waals surface area contributed by atoms with E-state index in [-0.39, 0.29) is 5.91 Å². The Labute approximate surface area is 108 Å². The molecule has 1 aliphatic heterocycles. The highest BCUT2D eigenvalue weighted by molar-refractivity contribution is 5.93. The Morgan fingerprint density at radius 2 is 1.89 bits per heavy atom. The summed E-state index contributed by atoms with van der Waals surface area (Å²) in [6.07, 6.45) is 3.85. The number of carbonyl (C=O) groups excluding carboxylic acids is 1. The zero-order valence-electron chi connectivity index (χ0n) is 10.7. The molecule has 2 rings (SSSR count). The average Bonchev–Trinajstić information content (AvgIpc) is 2.88. The lowest BCUT2D eigenvalue weighted by atomic mass is 10.2. The maximum absolute atomic E-state index is 10.9. The van der Waals surface area contributed by atoms with E-state index in [0.717, 1.165) is 18.7 Å². The summed E-state index contributed by atoms with van der Waals surface area (Å²) < 4.78 is 0. The van der Waals surface area contributed by atoms with Crippen LogP contribution in [0.25, 0.3) is 0 Å². The van der Waals surface area contributed by atoms with E-state index in [2.05, 4.69) is 10.2 Å². The number of anilines is 1. The Kier molecular flexibility index (Phi) is 4.59. The molecule has 0 spiro atoms. The molecule has 4 heteroatoms. The molecule has 1 fully saturated rings. The van der Waals surface area contributed by atoms with Crippen LogP contribution in [0, 0.1) is 0 Å². The van der Waals surface area contributed by atoms with Crippen molar-refractivity contribution in [3.05, 3.63) is 29.8 Å². The molecular formula is C14H21N3O. The predicted octanol–water partition coefficient (Wildman–Crippen LogP) is 1.68. The van der Waals surface area contributed by atoms with Crippen LogP contribution in [0.3, 0.4) is 0 Å². The monoisotopic (exact) mass is 247 g/mol. The zero-order chi connectivity index (χ0) is 12.8. The van der Waals surface area contributed by atoms with Crippen molar-refractivity contribution in [1.29, 1.82) is 0 Å². The van der Waals surface area contributed by atoms with Crippen molar-refractivity contribution in [3.8, 4) is 0 Å². The molecule has 0 bridgehead atoms. The first kappa shape index (κ1) is 12.9. The van der Waals surface area contributed by atoms with Gasteiger partial charge in [-0.2, -0.15) is 0 Å². The van der Waals surface area contributed by atoms with Gasteiger partial charge in [-0.15, -0.1) is 0 Å². The number of nitrogens with one attached hydrogen (secondary N) is 1. The van der Waals surface area contributed by atoms with Gasteiger partial charge in [-0.3, -0.25) is 4.79 Å². The number of nitrogens with two attached hydrogens (primary N) is 1. The van der Waals surface area contributed by atoms with E-state index in [1.165, 1.54) is 32.5 Å². The summed E-state index contributed by atoms with van der Waals surface area (Å²) in [5.74, 6) is -0.379. The smallest absolute Gasteiger partial charge is 0.248 e. The quantitative estimate of drug-likeness (QED) is 0.752. The zero-order valence-corrected chi connectivity index (χ0v) is 10.7. The Balaban J connectivity index is 1.68. The van der Waals surface area contributed by atoms with E-state index in [0.29, 0.717) is 5.56 Å². The average molecular weight is 247 g/mol. The van der Waals surface area contributed by atoms with Crippen molar-refractivity contribution < 1.29 is 4.79 Å². The normalized spacial score (nSPS) is 15.8. The highest BCUT2D eigenvalue weighted by Gasteiger charge is 2.09. The highest BCUT2D eigenvalue weighted by Crippen LogP contribution is 2.10. The van der Waals surface area contributed by atoms with E-state index < -0.39 is 0 Å². The number of nitrogens with zero attached hydrogens (tertiary/aromatic N) is 1. The van der Waals surface area contributed by atoms with Gasteiger partial charge in [0.05, 0.1) is 0 Å². The van der Waals surface area contributed by atoms with E-state index >= 15 is 0 Å². The maximum atomic E-state index is 10.9. The van der Waals surface area contributed by atoms with Crippen molar-refractivity contribution in [2.45, 2.75) is 19.3 Å². The number of likely N-dealkylation sites (tertiary alicyclic amines) is 1. The highest BCUT2D eigenvalue weighted by atomic mass is 16.1. The SMILES string of the molecule is NC(=O)c1ccc(NCCCN2CCCC2)cc1. The topological polar surface area (TPSA) is 58.4 Å². The van der Waals surface area contributed by atoms with Gasteiger partial charge in [0.25, 0.3) is 0 Å². The minimum Gasteiger partial charge on any atom is -0.385 e. The van der Waals surface area contributed by atoms with E-state index in [1.807, 2.05) is 12.1 Å². The minimum atomic E-state index is -0.379. The van der Waals surface area contributed by atoms with Crippen molar-refractivity contribution in [3.63, 3.8) is 0 Å². The van der Waals surface area contributed by atoms with Crippen LogP contribution in [0.2, 0.25) is 0 Å². The number of carbonyl (C=O) groups is 1. The molecule has 1 heterocycles. The minimum absolute atomic E-state index is 0.379. The molecule has 18 heavy (non-hydrogen) atoms. The summed E-state index contributed by atoms with van der Waals surface area (Å²) in [5, 5.41) is 3.36. The summed E-state index contributed by atoms with van der Waals surface area (Å²) in [5.41, 5.74) is 6.79. The Hall–Kier alpha value is -1.55. The molecule has 1 aromatic carbocycles. The number of benzene rings is 1. The predicted molar refractivity (Wildman–Crippen MR) is 73.7 cm³/mol. The second-order valence-corrected chi connectivity index (χ2v) is 4.77. The summed E-state index contributed by atoms with van der Waals surface area (Å²) in [7, 11) is 0. The van der Waals surface area contributed by atoms with Crippen LogP contribution in [0.5, 0.6) is 0 Å². The van der Waals surface area contributed by atoms with Gasteiger partial charge in [-0.05, 0) is 63.2 Å². The molecule has 0 unspecified atom stereocenters. The molecule has 0 aromatic heterocycles. The lowest BCUT2D eigenvalue weighted by Crippen LogP contribution is -2.22. The van der Waals surface area contributed by atoms with E-state index in [4.69, 9.17) is 5.73 Å². The Morgan fingerprint density at radius 3 is 2.50 bits per heavy atom. The van der Waals surface area contributed by atoms with Gasteiger partial charge >= 0.3 is 0 Å². The van der Waals surface area contributed by atoms with Crippen molar-refractivity contribution in [2.75, 3.05) is 31.5 Å². The fraction of sp³-hybridized carbons (Fsp3) is 0.500. The van der Waals surface area contributed by atoms with Crippen LogP contribution in [0.4, 0.5) is 5.69 Å². The standard InChI is InChI=1S/C14H21N3O/c15-14(18)12-4-6-13(7-5-12)16-8-3-11-17-9-1-2-10-17/h4-7,16H,1-3,8-11H2,(H2,15,18). The van der Waals surface area contributed by atoms with Gasteiger partial charge < -0.3 is 16.0 Å². The molecule has 0 radical (unpaired) electrons. The fourth-order valence-corrected chi connectivity index (χ4v) is 2.29. The third-order valence-corrected chi connectivity index (χ3v) is 3.35. The Morgan fingerprint density at radius 1 is 1.22 bits per heavy atom. The van der Waals surface area contributed by atoms with Crippen LogP contribution >= 0.6 is 0 Å². The second kappa shape index (κ2) is 6.40. The van der Waals surface area contributed by atoms with Crippen LogP contribution in [0.15, 0.2) is 24.3 Å². The maximum Gasteiger partial charge on any atom is 0.248 e. The lowest BCUT2D eigenvalue weighted by molar-refractivity contribution is 0.100. The number of hydrogen-bond donors (Lipinski definition) is 2. The molecule has 4 nitrogen and oxygen atoms in total.